The lowest BCUT2D eigenvalue weighted by Gasteiger charge is -2.21. The van der Waals surface area contributed by atoms with Gasteiger partial charge in [0.15, 0.2) is 12.2 Å². The molecule has 0 rings (SSSR count). The second-order valence-electron chi connectivity index (χ2n) is 29.5. The highest BCUT2D eigenvalue weighted by molar-refractivity contribution is 7.47. The Morgan fingerprint density at radius 2 is 0.495 bits per heavy atom. The van der Waals surface area contributed by atoms with Gasteiger partial charge in [-0.05, 0) is 49.4 Å². The van der Waals surface area contributed by atoms with Crippen LogP contribution in [0.2, 0.25) is 0 Å². The lowest BCUT2D eigenvalue weighted by atomic mass is 9.99. The van der Waals surface area contributed by atoms with Crippen LogP contribution in [-0.4, -0.2) is 96.7 Å². The van der Waals surface area contributed by atoms with Gasteiger partial charge in [-0.1, -0.05) is 344 Å². The molecule has 0 saturated carbocycles. The molecule has 0 radical (unpaired) electrons. The molecule has 0 aromatic carbocycles. The van der Waals surface area contributed by atoms with Crippen molar-refractivity contribution in [2.75, 3.05) is 39.6 Å². The molecule has 0 saturated heterocycles. The van der Waals surface area contributed by atoms with Crippen LogP contribution in [0.25, 0.3) is 0 Å². The highest BCUT2D eigenvalue weighted by Crippen LogP contribution is 2.45. The average Bonchev–Trinajstić information content (AvgIpc) is 0.981. The molecule has 7 atom stereocenters. The molecule has 576 valence electrons. The number of unbranched alkanes of at least 4 members (excludes halogenated alkanes) is 39. The molecule has 3 N–H and O–H groups in total. The lowest BCUT2D eigenvalue weighted by Crippen LogP contribution is -2.30. The maximum Gasteiger partial charge on any atom is 0.472 e. The Balaban J connectivity index is 5.17. The number of aliphatic hydroxyl groups excluding tert-OH is 1. The number of hydrogen-bond donors (Lipinski definition) is 3. The van der Waals surface area contributed by atoms with E-state index in [1.54, 1.807) is 0 Å². The topological polar surface area (TPSA) is 237 Å². The van der Waals surface area contributed by atoms with Crippen LogP contribution < -0.4 is 0 Å². The fourth-order valence-electron chi connectivity index (χ4n) is 11.8. The second-order valence-corrected chi connectivity index (χ2v) is 32.4. The zero-order valence-corrected chi connectivity index (χ0v) is 65.5. The van der Waals surface area contributed by atoms with E-state index in [4.69, 9.17) is 37.0 Å². The van der Waals surface area contributed by atoms with Crippen molar-refractivity contribution >= 4 is 39.5 Å². The normalized spacial score (nSPS) is 14.6. The molecule has 19 heteroatoms. The van der Waals surface area contributed by atoms with Gasteiger partial charge in [-0.15, -0.1) is 0 Å². The molecule has 4 unspecified atom stereocenters. The summed E-state index contributed by atoms with van der Waals surface area (Å²) in [5, 5.41) is 10.6. The molecule has 17 nitrogen and oxygen atoms in total. The summed E-state index contributed by atoms with van der Waals surface area (Å²) in [7, 11) is -9.91. The van der Waals surface area contributed by atoms with E-state index in [1.807, 2.05) is 0 Å². The summed E-state index contributed by atoms with van der Waals surface area (Å²) < 4.78 is 68.5. The molecule has 0 heterocycles. The Morgan fingerprint density at radius 3 is 0.732 bits per heavy atom. The van der Waals surface area contributed by atoms with Crippen molar-refractivity contribution < 1.29 is 80.2 Å². The first-order valence-corrected chi connectivity index (χ1v) is 43.3. The number of phosphoric ester groups is 2. The highest BCUT2D eigenvalue weighted by atomic mass is 31.2. The Labute approximate surface area is 594 Å². The molecule has 0 aliphatic rings. The van der Waals surface area contributed by atoms with Crippen LogP contribution in [0.15, 0.2) is 0 Å². The Morgan fingerprint density at radius 1 is 0.289 bits per heavy atom. The highest BCUT2D eigenvalue weighted by Gasteiger charge is 2.30. The van der Waals surface area contributed by atoms with Gasteiger partial charge in [0.1, 0.15) is 19.3 Å². The minimum Gasteiger partial charge on any atom is -0.462 e. The fraction of sp³-hybridized carbons (Fsp3) is 0.949. The number of phosphoric acid groups is 2. The Hall–Kier alpha value is -1.94. The standard InChI is InChI=1S/C78H152O17P2/c1-9-70(7)56-48-40-32-26-22-18-15-16-19-23-27-33-42-50-58-75(80)88-64-73(95-78(83)61-53-45-35-29-31-39-47-55-69(5)6)66-92-96(84,85)90-62-72(79)63-91-97(86,87)93-67-74(65-89-76(81)59-51-43-37-36-41-49-57-71(8)10-2)94-77(82)60-52-44-34-28-24-20-14-12-11-13-17-21-25-30-38-46-54-68(3)4/h68-74,79H,9-67H2,1-8H3,(H,84,85)(H,86,87)/t70?,71?,72-,73-,74-/m1/s1. The average molecular weight is 1420 g/mol. The summed E-state index contributed by atoms with van der Waals surface area (Å²) >= 11 is 0. The SMILES string of the molecule is CCC(C)CCCCCCCCCCCCCCCCC(=O)OC[C@H](COP(=O)(O)OC[C@@H](O)COP(=O)(O)OC[C@@H](COC(=O)CCCCCCCCC(C)CC)OC(=O)CCCCCCCCCCCCCCCCCCC(C)C)OC(=O)CCCCCCCCCC(C)C. The van der Waals surface area contributed by atoms with Gasteiger partial charge in [0, 0.05) is 25.7 Å². The van der Waals surface area contributed by atoms with Crippen molar-refractivity contribution in [2.24, 2.45) is 23.7 Å². The first-order chi connectivity index (χ1) is 46.7. The number of carbonyl (C=O) groups excluding carboxylic acids is 4. The number of esters is 4. The molecule has 0 aromatic rings. The zero-order chi connectivity index (χ0) is 71.7. The first kappa shape index (κ1) is 95.1. The monoisotopic (exact) mass is 1420 g/mol. The molecule has 0 spiro atoms. The van der Waals surface area contributed by atoms with Crippen molar-refractivity contribution in [2.45, 2.75) is 414 Å². The molecule has 0 aliphatic carbocycles. The minimum atomic E-state index is -4.96. The summed E-state index contributed by atoms with van der Waals surface area (Å²) in [6.45, 7) is 14.2. The van der Waals surface area contributed by atoms with Crippen LogP contribution in [-0.2, 0) is 65.4 Å². The maximum atomic E-state index is 13.1. The van der Waals surface area contributed by atoms with Crippen molar-refractivity contribution in [1.82, 2.24) is 0 Å². The van der Waals surface area contributed by atoms with Crippen molar-refractivity contribution in [3.8, 4) is 0 Å². The van der Waals surface area contributed by atoms with Crippen molar-refractivity contribution in [3.05, 3.63) is 0 Å². The predicted octanol–water partition coefficient (Wildman–Crippen LogP) is 22.8. The number of ether oxygens (including phenoxy) is 4. The van der Waals surface area contributed by atoms with Crippen LogP contribution in [0.4, 0.5) is 0 Å². The summed E-state index contributed by atoms with van der Waals surface area (Å²) in [6, 6.07) is 0. The zero-order valence-electron chi connectivity index (χ0n) is 63.7. The summed E-state index contributed by atoms with van der Waals surface area (Å²) in [5.74, 6) is 0.964. The van der Waals surface area contributed by atoms with E-state index in [9.17, 15) is 43.2 Å². The van der Waals surface area contributed by atoms with Gasteiger partial charge in [-0.2, -0.15) is 0 Å². The third-order valence-corrected chi connectivity index (χ3v) is 20.7. The molecule has 97 heavy (non-hydrogen) atoms. The van der Waals surface area contributed by atoms with Gasteiger partial charge < -0.3 is 33.8 Å². The maximum absolute atomic E-state index is 13.1. The molecular formula is C78H152O17P2. The number of carbonyl (C=O) groups is 4. The number of aliphatic hydroxyl groups is 1. The van der Waals surface area contributed by atoms with Crippen LogP contribution >= 0.6 is 15.6 Å². The quantitative estimate of drug-likeness (QED) is 0.0222. The molecular weight excluding hydrogens is 1270 g/mol. The molecule has 0 amide bonds. The molecule has 0 fully saturated rings. The van der Waals surface area contributed by atoms with Gasteiger partial charge in [0.05, 0.1) is 26.4 Å². The van der Waals surface area contributed by atoms with Crippen LogP contribution in [0.1, 0.15) is 396 Å². The van der Waals surface area contributed by atoms with E-state index < -0.39 is 97.5 Å². The first-order valence-electron chi connectivity index (χ1n) is 40.3. The minimum absolute atomic E-state index is 0.103. The van der Waals surface area contributed by atoms with E-state index >= 15 is 0 Å². The fourth-order valence-corrected chi connectivity index (χ4v) is 13.4. The van der Waals surface area contributed by atoms with Crippen LogP contribution in [0.5, 0.6) is 0 Å². The molecule has 0 bridgehead atoms. The van der Waals surface area contributed by atoms with Gasteiger partial charge in [0.2, 0.25) is 0 Å². The van der Waals surface area contributed by atoms with Crippen LogP contribution in [0.3, 0.4) is 0 Å². The van der Waals surface area contributed by atoms with Gasteiger partial charge >= 0.3 is 39.5 Å². The third kappa shape index (κ3) is 69.5. The lowest BCUT2D eigenvalue weighted by molar-refractivity contribution is -0.161. The summed E-state index contributed by atoms with van der Waals surface area (Å²) in [6.07, 6.45) is 52.9. The van der Waals surface area contributed by atoms with Crippen molar-refractivity contribution in [3.63, 3.8) is 0 Å². The van der Waals surface area contributed by atoms with Crippen LogP contribution in [0, 0.1) is 23.7 Å². The number of hydrogen-bond acceptors (Lipinski definition) is 15. The molecule has 0 aromatic heterocycles. The van der Waals surface area contributed by atoms with Gasteiger partial charge in [0.25, 0.3) is 0 Å². The third-order valence-electron chi connectivity index (χ3n) is 18.8. The largest absolute Gasteiger partial charge is 0.472 e. The summed E-state index contributed by atoms with van der Waals surface area (Å²) in [5.41, 5.74) is 0. The number of rotatable bonds is 75. The predicted molar refractivity (Wildman–Crippen MR) is 395 cm³/mol. The van der Waals surface area contributed by atoms with E-state index in [0.29, 0.717) is 31.6 Å². The Bertz CT molecular complexity index is 1910. The van der Waals surface area contributed by atoms with E-state index in [1.165, 1.54) is 193 Å². The van der Waals surface area contributed by atoms with E-state index in [-0.39, 0.29) is 25.7 Å². The van der Waals surface area contributed by atoms with E-state index in [2.05, 4.69) is 55.4 Å². The second kappa shape index (κ2) is 67.2. The van der Waals surface area contributed by atoms with E-state index in [0.717, 1.165) is 114 Å². The smallest absolute Gasteiger partial charge is 0.462 e. The molecule has 0 aliphatic heterocycles. The van der Waals surface area contributed by atoms with Crippen molar-refractivity contribution in [1.29, 1.82) is 0 Å². The van der Waals surface area contributed by atoms with Gasteiger partial charge in [-0.25, -0.2) is 9.13 Å². The van der Waals surface area contributed by atoms with Gasteiger partial charge in [-0.3, -0.25) is 37.3 Å². The summed E-state index contributed by atoms with van der Waals surface area (Å²) in [4.78, 5) is 72.8. The Kier molecular flexibility index (Phi) is 65.9.